The quantitative estimate of drug-likeness (QED) is 0.625. The zero-order chi connectivity index (χ0) is 20.0. The number of carbonyl (C=O) groups is 2. The van der Waals surface area contributed by atoms with Gasteiger partial charge in [-0.15, -0.1) is 0 Å². The number of carboxylic acid groups (broad SMARTS) is 1. The van der Waals surface area contributed by atoms with Gasteiger partial charge in [-0.2, -0.15) is 4.31 Å². The zero-order valence-corrected chi connectivity index (χ0v) is 16.1. The van der Waals surface area contributed by atoms with E-state index < -0.39 is 28.5 Å². The molecule has 1 aliphatic rings. The Labute approximate surface area is 158 Å². The summed E-state index contributed by atoms with van der Waals surface area (Å²) in [6.45, 7) is 2.52. The summed E-state index contributed by atoms with van der Waals surface area (Å²) >= 11 is 0. The molecule has 1 heterocycles. The number of ether oxygens (including phenoxy) is 2. The Morgan fingerprint density at radius 2 is 1.96 bits per heavy atom. The highest BCUT2D eigenvalue weighted by Crippen LogP contribution is 2.26. The molecule has 1 saturated heterocycles. The van der Waals surface area contributed by atoms with Crippen LogP contribution in [-0.4, -0.2) is 69.2 Å². The molecule has 10 heteroatoms. The van der Waals surface area contributed by atoms with Crippen LogP contribution in [0.2, 0.25) is 0 Å². The summed E-state index contributed by atoms with van der Waals surface area (Å²) < 4.78 is 36.7. The van der Waals surface area contributed by atoms with Crippen molar-refractivity contribution in [2.24, 2.45) is 0 Å². The SMILES string of the molecule is COCC(C)NC(=O)COc1ccc(S(=O)(=O)N2CCCC2)cc1C(=O)O. The highest BCUT2D eigenvalue weighted by Gasteiger charge is 2.28. The Hall–Kier alpha value is -2.17. The molecule has 1 unspecified atom stereocenters. The topological polar surface area (TPSA) is 122 Å². The lowest BCUT2D eigenvalue weighted by Gasteiger charge is -2.17. The molecule has 1 amide bonds. The molecule has 150 valence electrons. The summed E-state index contributed by atoms with van der Waals surface area (Å²) in [6, 6.07) is 3.40. The Bertz CT molecular complexity index is 788. The van der Waals surface area contributed by atoms with Crippen molar-refractivity contribution >= 4 is 21.9 Å². The van der Waals surface area contributed by atoms with Crippen molar-refractivity contribution < 1.29 is 32.6 Å². The largest absolute Gasteiger partial charge is 0.483 e. The monoisotopic (exact) mass is 400 g/mol. The third kappa shape index (κ3) is 5.41. The molecule has 0 spiro atoms. The predicted octanol–water partition coefficient (Wildman–Crippen LogP) is 0.699. The van der Waals surface area contributed by atoms with Crippen molar-refractivity contribution in [1.82, 2.24) is 9.62 Å². The van der Waals surface area contributed by atoms with Crippen LogP contribution in [0.15, 0.2) is 23.1 Å². The summed E-state index contributed by atoms with van der Waals surface area (Å²) in [5.41, 5.74) is -0.312. The fraction of sp³-hybridized carbons (Fsp3) is 0.529. The zero-order valence-electron chi connectivity index (χ0n) is 15.3. The number of methoxy groups -OCH3 is 1. The fourth-order valence-electron chi connectivity index (χ4n) is 2.79. The second-order valence-electron chi connectivity index (χ2n) is 6.29. The molecule has 0 radical (unpaired) electrons. The van der Waals surface area contributed by atoms with Crippen molar-refractivity contribution in [3.8, 4) is 5.75 Å². The predicted molar refractivity (Wildman–Crippen MR) is 96.4 cm³/mol. The van der Waals surface area contributed by atoms with Gasteiger partial charge in [0.25, 0.3) is 5.91 Å². The van der Waals surface area contributed by atoms with Gasteiger partial charge < -0.3 is 19.9 Å². The van der Waals surface area contributed by atoms with Gasteiger partial charge in [0, 0.05) is 26.2 Å². The molecule has 27 heavy (non-hydrogen) atoms. The summed E-state index contributed by atoms with van der Waals surface area (Å²) in [7, 11) is -2.23. The highest BCUT2D eigenvalue weighted by atomic mass is 32.2. The molecule has 1 aromatic rings. The first-order valence-corrected chi connectivity index (χ1v) is 9.98. The number of amides is 1. The van der Waals surface area contributed by atoms with Gasteiger partial charge >= 0.3 is 5.97 Å². The van der Waals surface area contributed by atoms with Crippen molar-refractivity contribution in [2.45, 2.75) is 30.7 Å². The first kappa shape index (κ1) is 21.1. The van der Waals surface area contributed by atoms with Crippen molar-refractivity contribution in [3.63, 3.8) is 0 Å². The lowest BCUT2D eigenvalue weighted by Crippen LogP contribution is -2.38. The van der Waals surface area contributed by atoms with Crippen LogP contribution < -0.4 is 10.1 Å². The summed E-state index contributed by atoms with van der Waals surface area (Å²) in [4.78, 5) is 23.3. The number of carbonyl (C=O) groups excluding carboxylic acids is 1. The van der Waals surface area contributed by atoms with Crippen LogP contribution in [0, 0.1) is 0 Å². The van der Waals surface area contributed by atoms with Crippen LogP contribution in [0.5, 0.6) is 5.75 Å². The van der Waals surface area contributed by atoms with E-state index in [9.17, 15) is 23.1 Å². The Balaban J connectivity index is 2.14. The summed E-state index contributed by atoms with van der Waals surface area (Å²) in [6.07, 6.45) is 1.56. The Kier molecular flexibility index (Phi) is 7.17. The van der Waals surface area contributed by atoms with Crippen molar-refractivity contribution in [1.29, 1.82) is 0 Å². The van der Waals surface area contributed by atoms with Crippen LogP contribution in [0.4, 0.5) is 0 Å². The van der Waals surface area contributed by atoms with E-state index >= 15 is 0 Å². The van der Waals surface area contributed by atoms with Gasteiger partial charge in [0.15, 0.2) is 6.61 Å². The number of benzene rings is 1. The van der Waals surface area contributed by atoms with Gasteiger partial charge in [0.05, 0.1) is 11.5 Å². The maximum atomic E-state index is 12.6. The maximum Gasteiger partial charge on any atom is 0.339 e. The minimum absolute atomic E-state index is 0.0718. The van der Waals surface area contributed by atoms with E-state index in [4.69, 9.17) is 9.47 Å². The van der Waals surface area contributed by atoms with E-state index in [1.807, 2.05) is 0 Å². The second-order valence-corrected chi connectivity index (χ2v) is 8.22. The van der Waals surface area contributed by atoms with Crippen molar-refractivity contribution in [3.05, 3.63) is 23.8 Å². The number of nitrogens with one attached hydrogen (secondary N) is 1. The number of hydrogen-bond acceptors (Lipinski definition) is 6. The molecular weight excluding hydrogens is 376 g/mol. The van der Waals surface area contributed by atoms with Crippen LogP contribution >= 0.6 is 0 Å². The molecule has 2 N–H and O–H groups in total. The van der Waals surface area contributed by atoms with Crippen LogP contribution in [0.25, 0.3) is 0 Å². The maximum absolute atomic E-state index is 12.6. The van der Waals surface area contributed by atoms with E-state index in [1.54, 1.807) is 6.92 Å². The first-order valence-electron chi connectivity index (χ1n) is 8.54. The molecular formula is C17H24N2O7S. The van der Waals surface area contributed by atoms with Gasteiger partial charge in [-0.25, -0.2) is 13.2 Å². The average molecular weight is 400 g/mol. The normalized spacial score (nSPS) is 16.1. The van der Waals surface area contributed by atoms with Gasteiger partial charge in [-0.05, 0) is 38.0 Å². The molecule has 1 aliphatic heterocycles. The van der Waals surface area contributed by atoms with Gasteiger partial charge in [0.2, 0.25) is 10.0 Å². The Morgan fingerprint density at radius 1 is 1.30 bits per heavy atom. The van der Waals surface area contributed by atoms with Gasteiger partial charge in [0.1, 0.15) is 11.3 Å². The minimum atomic E-state index is -3.74. The van der Waals surface area contributed by atoms with E-state index in [0.29, 0.717) is 19.7 Å². The molecule has 1 atom stereocenters. The van der Waals surface area contributed by atoms with Gasteiger partial charge in [-0.3, -0.25) is 4.79 Å². The molecule has 0 aliphatic carbocycles. The third-order valence-electron chi connectivity index (χ3n) is 4.07. The summed E-state index contributed by atoms with van der Waals surface area (Å²) in [5.74, 6) is -1.85. The molecule has 9 nitrogen and oxygen atoms in total. The fourth-order valence-corrected chi connectivity index (χ4v) is 4.34. The highest BCUT2D eigenvalue weighted by molar-refractivity contribution is 7.89. The van der Waals surface area contributed by atoms with E-state index in [2.05, 4.69) is 5.32 Å². The molecule has 0 aromatic heterocycles. The second kappa shape index (κ2) is 9.16. The first-order chi connectivity index (χ1) is 12.8. The smallest absolute Gasteiger partial charge is 0.339 e. The standard InChI is InChI=1S/C17H24N2O7S/c1-12(10-25-2)18-16(20)11-26-15-6-5-13(9-14(15)17(21)22)27(23,24)19-7-3-4-8-19/h5-6,9,12H,3-4,7-8,10-11H2,1-2H3,(H,18,20)(H,21,22). The minimum Gasteiger partial charge on any atom is -0.483 e. The van der Waals surface area contributed by atoms with Crippen LogP contribution in [-0.2, 0) is 19.6 Å². The lowest BCUT2D eigenvalue weighted by molar-refractivity contribution is -0.124. The van der Waals surface area contributed by atoms with Gasteiger partial charge in [-0.1, -0.05) is 0 Å². The van der Waals surface area contributed by atoms with E-state index in [1.165, 1.54) is 23.5 Å². The van der Waals surface area contributed by atoms with Crippen molar-refractivity contribution in [2.75, 3.05) is 33.4 Å². The molecule has 2 rings (SSSR count). The van der Waals surface area contributed by atoms with E-state index in [-0.39, 0.29) is 22.3 Å². The molecule has 1 aromatic carbocycles. The van der Waals surface area contributed by atoms with E-state index in [0.717, 1.165) is 18.9 Å². The van der Waals surface area contributed by atoms with Crippen LogP contribution in [0.3, 0.4) is 0 Å². The number of hydrogen-bond donors (Lipinski definition) is 2. The number of aromatic carboxylic acids is 1. The van der Waals surface area contributed by atoms with Crippen LogP contribution in [0.1, 0.15) is 30.1 Å². The number of sulfonamides is 1. The average Bonchev–Trinajstić information content (AvgIpc) is 3.15. The number of rotatable bonds is 9. The Morgan fingerprint density at radius 3 is 2.56 bits per heavy atom. The summed E-state index contributed by atoms with van der Waals surface area (Å²) in [5, 5.41) is 12.0. The number of carboxylic acids is 1. The molecule has 1 fully saturated rings. The molecule has 0 bridgehead atoms. The number of nitrogens with zero attached hydrogens (tertiary/aromatic N) is 1. The molecule has 0 saturated carbocycles. The lowest BCUT2D eigenvalue weighted by atomic mass is 10.2. The third-order valence-corrected chi connectivity index (χ3v) is 5.96.